The van der Waals surface area contributed by atoms with Crippen molar-refractivity contribution in [1.29, 1.82) is 0 Å². The molecule has 2 atom stereocenters. The van der Waals surface area contributed by atoms with Gasteiger partial charge < -0.3 is 5.11 Å². The lowest BCUT2D eigenvalue weighted by molar-refractivity contribution is -0.138. The van der Waals surface area contributed by atoms with Crippen LogP contribution in [0.5, 0.6) is 0 Å². The summed E-state index contributed by atoms with van der Waals surface area (Å²) in [5.41, 5.74) is 2.45. The zero-order chi connectivity index (χ0) is 14.8. The van der Waals surface area contributed by atoms with Gasteiger partial charge in [-0.2, -0.15) is 0 Å². The molecule has 1 N–H and O–H groups in total. The molecule has 0 amide bonds. The third kappa shape index (κ3) is 2.87. The van der Waals surface area contributed by atoms with Gasteiger partial charge in [-0.3, -0.25) is 9.69 Å². The second-order valence-corrected chi connectivity index (χ2v) is 6.49. The topological polar surface area (TPSA) is 40.5 Å². The molecule has 2 unspecified atom stereocenters. The number of aliphatic carboxylic acids is 1. The van der Waals surface area contributed by atoms with Gasteiger partial charge >= 0.3 is 5.97 Å². The van der Waals surface area contributed by atoms with Crippen LogP contribution in [-0.2, 0) is 11.2 Å². The molecule has 0 saturated heterocycles. The molecule has 0 bridgehead atoms. The summed E-state index contributed by atoms with van der Waals surface area (Å²) in [6, 6.07) is 12.4. The van der Waals surface area contributed by atoms with Gasteiger partial charge in [-0.1, -0.05) is 30.3 Å². The number of carboxylic acid groups (broad SMARTS) is 1. The predicted octanol–water partition coefficient (Wildman–Crippen LogP) is 3.88. The Balaban J connectivity index is 1.92. The SMILES string of the molecule is CC1c2ccsc2CCN1C(CC(=O)O)c1ccccc1. The summed E-state index contributed by atoms with van der Waals surface area (Å²) in [7, 11) is 0. The van der Waals surface area contributed by atoms with Crippen LogP contribution in [0.2, 0.25) is 0 Å². The molecule has 1 aromatic carbocycles. The molecule has 0 radical (unpaired) electrons. The van der Waals surface area contributed by atoms with Crippen LogP contribution >= 0.6 is 11.3 Å². The number of rotatable bonds is 4. The molecule has 1 aliphatic heterocycles. The minimum atomic E-state index is -0.743. The Bertz CT molecular complexity index is 623. The van der Waals surface area contributed by atoms with Gasteiger partial charge in [-0.05, 0) is 35.9 Å². The van der Waals surface area contributed by atoms with E-state index in [1.807, 2.05) is 41.7 Å². The number of hydrogen-bond donors (Lipinski definition) is 1. The normalized spacial score (nSPS) is 20.0. The summed E-state index contributed by atoms with van der Waals surface area (Å²) in [6.07, 6.45) is 1.16. The lowest BCUT2D eigenvalue weighted by atomic mass is 9.94. The maximum atomic E-state index is 11.3. The Labute approximate surface area is 128 Å². The molecule has 1 aliphatic rings. The van der Waals surface area contributed by atoms with Crippen molar-refractivity contribution < 1.29 is 9.90 Å². The van der Waals surface area contributed by atoms with E-state index in [9.17, 15) is 9.90 Å². The molecule has 0 saturated carbocycles. The van der Waals surface area contributed by atoms with E-state index in [1.165, 1.54) is 10.4 Å². The number of thiophene rings is 1. The van der Waals surface area contributed by atoms with E-state index < -0.39 is 5.97 Å². The fraction of sp³-hybridized carbons (Fsp3) is 0.353. The first-order chi connectivity index (χ1) is 10.2. The molecule has 21 heavy (non-hydrogen) atoms. The van der Waals surface area contributed by atoms with Crippen LogP contribution in [0.15, 0.2) is 41.8 Å². The van der Waals surface area contributed by atoms with Crippen molar-refractivity contribution in [2.24, 2.45) is 0 Å². The molecule has 2 aromatic rings. The summed E-state index contributed by atoms with van der Waals surface area (Å²) in [5.74, 6) is -0.743. The predicted molar refractivity (Wildman–Crippen MR) is 84.6 cm³/mol. The monoisotopic (exact) mass is 301 g/mol. The van der Waals surface area contributed by atoms with Crippen LogP contribution in [0.1, 0.15) is 41.4 Å². The molecule has 110 valence electrons. The lowest BCUT2D eigenvalue weighted by Gasteiger charge is -2.39. The molecule has 4 heteroatoms. The van der Waals surface area contributed by atoms with Crippen LogP contribution in [0.3, 0.4) is 0 Å². The fourth-order valence-corrected chi connectivity index (χ4v) is 4.18. The highest BCUT2D eigenvalue weighted by atomic mass is 32.1. The summed E-state index contributed by atoms with van der Waals surface area (Å²) < 4.78 is 0. The van der Waals surface area contributed by atoms with E-state index in [0.29, 0.717) is 0 Å². The van der Waals surface area contributed by atoms with Crippen LogP contribution in [0, 0.1) is 0 Å². The Morgan fingerprint density at radius 2 is 2.14 bits per heavy atom. The van der Waals surface area contributed by atoms with Gasteiger partial charge in [-0.25, -0.2) is 0 Å². The van der Waals surface area contributed by atoms with E-state index in [2.05, 4.69) is 23.3 Å². The minimum Gasteiger partial charge on any atom is -0.481 e. The van der Waals surface area contributed by atoms with E-state index in [-0.39, 0.29) is 18.5 Å². The Kier molecular flexibility index (Phi) is 4.08. The van der Waals surface area contributed by atoms with Crippen molar-refractivity contribution in [1.82, 2.24) is 4.90 Å². The zero-order valence-electron chi connectivity index (χ0n) is 12.0. The average Bonchev–Trinajstić information content (AvgIpc) is 2.96. The number of fused-ring (bicyclic) bond motifs is 1. The maximum Gasteiger partial charge on any atom is 0.305 e. The number of carboxylic acids is 1. The van der Waals surface area contributed by atoms with Crippen molar-refractivity contribution >= 4 is 17.3 Å². The quantitative estimate of drug-likeness (QED) is 0.931. The summed E-state index contributed by atoms with van der Waals surface area (Å²) >= 11 is 1.81. The maximum absolute atomic E-state index is 11.3. The Morgan fingerprint density at radius 3 is 2.86 bits per heavy atom. The van der Waals surface area contributed by atoms with E-state index in [4.69, 9.17) is 0 Å². The van der Waals surface area contributed by atoms with Crippen molar-refractivity contribution in [2.75, 3.05) is 6.54 Å². The van der Waals surface area contributed by atoms with Gasteiger partial charge in [0, 0.05) is 23.5 Å². The summed E-state index contributed by atoms with van der Waals surface area (Å²) in [4.78, 5) is 15.1. The van der Waals surface area contributed by atoms with Crippen molar-refractivity contribution in [3.8, 4) is 0 Å². The third-order valence-corrected chi connectivity index (χ3v) is 5.27. The summed E-state index contributed by atoms with van der Waals surface area (Å²) in [6.45, 7) is 3.10. The smallest absolute Gasteiger partial charge is 0.305 e. The highest BCUT2D eigenvalue weighted by Gasteiger charge is 2.32. The van der Waals surface area contributed by atoms with Crippen LogP contribution in [0.25, 0.3) is 0 Å². The molecular weight excluding hydrogens is 282 g/mol. The zero-order valence-corrected chi connectivity index (χ0v) is 12.8. The lowest BCUT2D eigenvalue weighted by Crippen LogP contribution is -2.37. The van der Waals surface area contributed by atoms with Crippen LogP contribution < -0.4 is 0 Å². The Hall–Kier alpha value is -1.65. The van der Waals surface area contributed by atoms with Gasteiger partial charge in [0.05, 0.1) is 6.42 Å². The first-order valence-electron chi connectivity index (χ1n) is 7.25. The number of nitrogens with zero attached hydrogens (tertiary/aromatic N) is 1. The van der Waals surface area contributed by atoms with E-state index in [0.717, 1.165) is 18.5 Å². The van der Waals surface area contributed by atoms with Crippen molar-refractivity contribution in [3.05, 3.63) is 57.8 Å². The molecule has 3 nitrogen and oxygen atoms in total. The molecule has 0 spiro atoms. The standard InChI is InChI=1S/C17H19NO2S/c1-12-14-8-10-21-16(14)7-9-18(12)15(11-17(19)20)13-5-3-2-4-6-13/h2-6,8,10,12,15H,7,9,11H2,1H3,(H,19,20). The third-order valence-electron chi connectivity index (χ3n) is 4.28. The highest BCUT2D eigenvalue weighted by molar-refractivity contribution is 7.10. The fourth-order valence-electron chi connectivity index (χ4n) is 3.22. The second-order valence-electron chi connectivity index (χ2n) is 5.49. The van der Waals surface area contributed by atoms with Gasteiger partial charge in [0.1, 0.15) is 0 Å². The van der Waals surface area contributed by atoms with Gasteiger partial charge in [-0.15, -0.1) is 11.3 Å². The van der Waals surface area contributed by atoms with E-state index in [1.54, 1.807) is 0 Å². The van der Waals surface area contributed by atoms with Crippen LogP contribution in [0.4, 0.5) is 0 Å². The minimum absolute atomic E-state index is 0.0632. The van der Waals surface area contributed by atoms with Gasteiger partial charge in [0.2, 0.25) is 0 Å². The Morgan fingerprint density at radius 1 is 1.38 bits per heavy atom. The molecule has 0 fully saturated rings. The number of benzene rings is 1. The first kappa shape index (κ1) is 14.3. The van der Waals surface area contributed by atoms with Gasteiger partial charge in [0.25, 0.3) is 0 Å². The number of carbonyl (C=O) groups is 1. The van der Waals surface area contributed by atoms with E-state index >= 15 is 0 Å². The molecule has 3 rings (SSSR count). The second kappa shape index (κ2) is 6.00. The number of hydrogen-bond acceptors (Lipinski definition) is 3. The average molecular weight is 301 g/mol. The molecule has 0 aliphatic carbocycles. The van der Waals surface area contributed by atoms with Gasteiger partial charge in [0.15, 0.2) is 0 Å². The molecule has 1 aromatic heterocycles. The first-order valence-corrected chi connectivity index (χ1v) is 8.13. The summed E-state index contributed by atoms with van der Waals surface area (Å²) in [5, 5.41) is 11.4. The van der Waals surface area contributed by atoms with Crippen molar-refractivity contribution in [2.45, 2.75) is 31.8 Å². The molecule has 2 heterocycles. The van der Waals surface area contributed by atoms with Crippen molar-refractivity contribution in [3.63, 3.8) is 0 Å². The highest BCUT2D eigenvalue weighted by Crippen LogP contribution is 2.39. The van der Waals surface area contributed by atoms with Crippen LogP contribution in [-0.4, -0.2) is 22.5 Å². The largest absolute Gasteiger partial charge is 0.481 e. The molecular formula is C17H19NO2S.